The highest BCUT2D eigenvalue weighted by Gasteiger charge is 2.11. The number of nitrogens with two attached hydrogens (primary N) is 1. The van der Waals surface area contributed by atoms with E-state index in [-0.39, 0.29) is 5.82 Å². The van der Waals surface area contributed by atoms with E-state index in [4.69, 9.17) is 5.73 Å². The van der Waals surface area contributed by atoms with Crippen molar-refractivity contribution in [3.63, 3.8) is 0 Å². The van der Waals surface area contributed by atoms with Gasteiger partial charge in [-0.15, -0.1) is 0 Å². The lowest BCUT2D eigenvalue weighted by atomic mass is 10.0. The molecule has 0 aliphatic heterocycles. The average molecular weight is 183 g/mol. The maximum atomic E-state index is 13.1. The van der Waals surface area contributed by atoms with Crippen LogP contribution in [0.2, 0.25) is 0 Å². The van der Waals surface area contributed by atoms with Crippen LogP contribution in [0.25, 0.3) is 0 Å². The zero-order chi connectivity index (χ0) is 9.84. The van der Waals surface area contributed by atoms with E-state index in [9.17, 15) is 9.50 Å². The van der Waals surface area contributed by atoms with Crippen LogP contribution in [-0.4, -0.2) is 11.7 Å². The van der Waals surface area contributed by atoms with Gasteiger partial charge in [0.15, 0.2) is 0 Å². The molecule has 0 saturated heterocycles. The van der Waals surface area contributed by atoms with Crippen LogP contribution in [0, 0.1) is 12.7 Å². The molecule has 1 aromatic rings. The smallest absolute Gasteiger partial charge is 0.129 e. The zero-order valence-electron chi connectivity index (χ0n) is 7.63. The topological polar surface area (TPSA) is 46.2 Å². The van der Waals surface area contributed by atoms with Gasteiger partial charge in [0.25, 0.3) is 0 Å². The summed E-state index contributed by atoms with van der Waals surface area (Å²) in [6, 6.07) is 4.69. The first-order valence-corrected chi connectivity index (χ1v) is 4.29. The minimum Gasteiger partial charge on any atom is -0.388 e. The lowest BCUT2D eigenvalue weighted by molar-refractivity contribution is 0.165. The summed E-state index contributed by atoms with van der Waals surface area (Å²) < 4.78 is 13.1. The highest BCUT2D eigenvalue weighted by atomic mass is 19.1. The van der Waals surface area contributed by atoms with Gasteiger partial charge >= 0.3 is 0 Å². The van der Waals surface area contributed by atoms with Gasteiger partial charge in [0.1, 0.15) is 5.82 Å². The lowest BCUT2D eigenvalue weighted by Crippen LogP contribution is -2.08. The van der Waals surface area contributed by atoms with Gasteiger partial charge < -0.3 is 10.8 Å². The first kappa shape index (κ1) is 10.2. The van der Waals surface area contributed by atoms with E-state index in [0.717, 1.165) is 5.56 Å². The Hall–Kier alpha value is -0.930. The van der Waals surface area contributed by atoms with E-state index in [2.05, 4.69) is 0 Å². The first-order valence-electron chi connectivity index (χ1n) is 4.29. The maximum absolute atomic E-state index is 13.1. The van der Waals surface area contributed by atoms with Crippen molar-refractivity contribution in [2.24, 2.45) is 5.73 Å². The van der Waals surface area contributed by atoms with E-state index in [1.165, 1.54) is 6.07 Å². The van der Waals surface area contributed by atoms with Crippen LogP contribution < -0.4 is 5.73 Å². The summed E-state index contributed by atoms with van der Waals surface area (Å²) in [6.45, 7) is 2.21. The van der Waals surface area contributed by atoms with Crippen LogP contribution in [0.4, 0.5) is 4.39 Å². The van der Waals surface area contributed by atoms with Crippen molar-refractivity contribution in [3.05, 3.63) is 35.1 Å². The summed E-state index contributed by atoms with van der Waals surface area (Å²) in [5.74, 6) is -0.369. The van der Waals surface area contributed by atoms with Crippen LogP contribution >= 0.6 is 0 Å². The van der Waals surface area contributed by atoms with E-state index in [0.29, 0.717) is 18.5 Å². The van der Waals surface area contributed by atoms with Crippen molar-refractivity contribution in [2.75, 3.05) is 6.54 Å². The van der Waals surface area contributed by atoms with Crippen LogP contribution in [0.5, 0.6) is 0 Å². The van der Waals surface area contributed by atoms with Gasteiger partial charge in [-0.3, -0.25) is 0 Å². The number of aliphatic hydroxyl groups is 1. The van der Waals surface area contributed by atoms with Crippen LogP contribution in [-0.2, 0) is 0 Å². The Morgan fingerprint density at radius 3 is 2.85 bits per heavy atom. The molecule has 0 radical (unpaired) electrons. The predicted octanol–water partition coefficient (Wildman–Crippen LogP) is 1.52. The molecule has 1 rings (SSSR count). The van der Waals surface area contributed by atoms with Gasteiger partial charge in [0.05, 0.1) is 6.10 Å². The summed E-state index contributed by atoms with van der Waals surface area (Å²) in [5, 5.41) is 9.51. The van der Waals surface area contributed by atoms with Crippen LogP contribution in [0.1, 0.15) is 23.7 Å². The number of aliphatic hydroxyl groups excluding tert-OH is 1. The van der Waals surface area contributed by atoms with Gasteiger partial charge in [0.2, 0.25) is 0 Å². The Kier molecular flexibility index (Phi) is 3.39. The number of hydrogen-bond acceptors (Lipinski definition) is 2. The molecule has 0 saturated carbocycles. The van der Waals surface area contributed by atoms with Crippen molar-refractivity contribution in [1.29, 1.82) is 0 Å². The van der Waals surface area contributed by atoms with Gasteiger partial charge in [-0.05, 0) is 26.0 Å². The number of hydrogen-bond donors (Lipinski definition) is 2. The van der Waals surface area contributed by atoms with Gasteiger partial charge in [0, 0.05) is 5.56 Å². The fourth-order valence-corrected chi connectivity index (χ4v) is 1.23. The minimum absolute atomic E-state index is 0.338. The molecule has 1 atom stereocenters. The number of aryl methyl sites for hydroxylation is 1. The highest BCUT2D eigenvalue weighted by Crippen LogP contribution is 2.20. The molecule has 0 bridgehead atoms. The third kappa shape index (κ3) is 2.50. The Balaban J connectivity index is 2.91. The van der Waals surface area contributed by atoms with Crippen molar-refractivity contribution < 1.29 is 9.50 Å². The molecule has 3 N–H and O–H groups in total. The van der Waals surface area contributed by atoms with Crippen LogP contribution in [0.3, 0.4) is 0 Å². The number of halogens is 1. The number of benzene rings is 1. The molecule has 72 valence electrons. The molecule has 3 heteroatoms. The molecule has 0 aliphatic carbocycles. The van der Waals surface area contributed by atoms with Crippen molar-refractivity contribution in [2.45, 2.75) is 19.4 Å². The quantitative estimate of drug-likeness (QED) is 0.746. The maximum Gasteiger partial charge on any atom is 0.129 e. The molecular weight excluding hydrogens is 169 g/mol. The molecular formula is C10H14FNO. The third-order valence-electron chi connectivity index (χ3n) is 1.95. The molecule has 0 unspecified atom stereocenters. The highest BCUT2D eigenvalue weighted by molar-refractivity contribution is 5.25. The molecule has 0 aromatic heterocycles. The van der Waals surface area contributed by atoms with Gasteiger partial charge in [-0.25, -0.2) is 4.39 Å². The fraction of sp³-hybridized carbons (Fsp3) is 0.400. The standard InChI is InChI=1S/C10H14FNO/c1-7-2-3-9(11)8(6-7)10(13)4-5-12/h2-3,6,10,13H,4-5,12H2,1H3/t10-/m0/s1. The normalized spacial score (nSPS) is 12.9. The first-order chi connectivity index (χ1) is 6.15. The van der Waals surface area contributed by atoms with E-state index in [1.807, 2.05) is 6.92 Å². The Morgan fingerprint density at radius 1 is 1.54 bits per heavy atom. The predicted molar refractivity (Wildman–Crippen MR) is 49.8 cm³/mol. The molecule has 1 aromatic carbocycles. The summed E-state index contributed by atoms with van der Waals surface area (Å²) >= 11 is 0. The molecule has 0 fully saturated rings. The minimum atomic E-state index is -0.787. The average Bonchev–Trinajstić information content (AvgIpc) is 2.09. The molecule has 0 aliphatic rings. The van der Waals surface area contributed by atoms with Crippen molar-refractivity contribution >= 4 is 0 Å². The van der Waals surface area contributed by atoms with E-state index < -0.39 is 6.10 Å². The molecule has 13 heavy (non-hydrogen) atoms. The van der Waals surface area contributed by atoms with E-state index >= 15 is 0 Å². The fourth-order valence-electron chi connectivity index (χ4n) is 1.23. The second-order valence-electron chi connectivity index (χ2n) is 3.12. The largest absolute Gasteiger partial charge is 0.388 e. The van der Waals surface area contributed by atoms with Gasteiger partial charge in [-0.2, -0.15) is 0 Å². The summed E-state index contributed by atoms with van der Waals surface area (Å²) in [4.78, 5) is 0. The monoisotopic (exact) mass is 183 g/mol. The molecule has 0 heterocycles. The van der Waals surface area contributed by atoms with Gasteiger partial charge in [-0.1, -0.05) is 17.7 Å². The van der Waals surface area contributed by atoms with Crippen molar-refractivity contribution in [1.82, 2.24) is 0 Å². The van der Waals surface area contributed by atoms with Crippen molar-refractivity contribution in [3.8, 4) is 0 Å². The Bertz CT molecular complexity index is 288. The second-order valence-corrected chi connectivity index (χ2v) is 3.12. The summed E-state index contributed by atoms with van der Waals surface area (Å²) in [7, 11) is 0. The SMILES string of the molecule is Cc1ccc(F)c([C@@H](O)CCN)c1. The number of rotatable bonds is 3. The van der Waals surface area contributed by atoms with Crippen LogP contribution in [0.15, 0.2) is 18.2 Å². The summed E-state index contributed by atoms with van der Waals surface area (Å²) in [6.07, 6.45) is -0.398. The van der Waals surface area contributed by atoms with E-state index in [1.54, 1.807) is 12.1 Å². The lowest BCUT2D eigenvalue weighted by Gasteiger charge is -2.11. The third-order valence-corrected chi connectivity index (χ3v) is 1.95. The molecule has 0 amide bonds. The second kappa shape index (κ2) is 4.35. The zero-order valence-corrected chi connectivity index (χ0v) is 7.63. The Labute approximate surface area is 77.2 Å². The Morgan fingerprint density at radius 2 is 2.23 bits per heavy atom. The molecule has 2 nitrogen and oxygen atoms in total. The summed E-state index contributed by atoms with van der Waals surface area (Å²) in [5.41, 5.74) is 6.55. The molecule has 0 spiro atoms.